The zero-order valence-corrected chi connectivity index (χ0v) is 10.7. The summed E-state index contributed by atoms with van der Waals surface area (Å²) in [5.41, 5.74) is 0. The fourth-order valence-corrected chi connectivity index (χ4v) is 1.67. The maximum atomic E-state index is 12.0. The lowest BCUT2D eigenvalue weighted by Crippen LogP contribution is -2.25. The Hall–Kier alpha value is -0.590. The average Bonchev–Trinajstić information content (AvgIpc) is 2.74. The Morgan fingerprint density at radius 2 is 2.12 bits per heavy atom. The van der Waals surface area contributed by atoms with Crippen LogP contribution in [0, 0.1) is 0 Å². The van der Waals surface area contributed by atoms with E-state index < -0.39 is 5.76 Å². The molecule has 3 nitrogen and oxygen atoms in total. The smallest absolute Gasteiger partial charge is 0.284 e. The van der Waals surface area contributed by atoms with E-state index in [1.54, 1.807) is 19.2 Å². The molecule has 0 fully saturated rings. The van der Waals surface area contributed by atoms with Gasteiger partial charge < -0.3 is 14.5 Å². The van der Waals surface area contributed by atoms with Crippen LogP contribution in [-0.4, -0.2) is 25.5 Å². The fraction of sp³-hybridized carbons (Fsp3) is 0.636. The second kappa shape index (κ2) is 7.68. The van der Waals surface area contributed by atoms with Gasteiger partial charge in [-0.2, -0.15) is 8.78 Å². The first kappa shape index (κ1) is 14.5. The molecule has 0 radical (unpaired) electrons. The first-order valence-corrected chi connectivity index (χ1v) is 6.37. The summed E-state index contributed by atoms with van der Waals surface area (Å²) in [5, 5.41) is 3.16. The number of methoxy groups -OCH3 is 1. The minimum absolute atomic E-state index is 0.138. The van der Waals surface area contributed by atoms with E-state index in [9.17, 15) is 8.78 Å². The van der Waals surface area contributed by atoms with Crippen LogP contribution in [0.3, 0.4) is 0 Å². The number of furan rings is 1. The standard InChI is InChI=1S/C11H17F2NO2S/c1-8(15-2)5-14-6-9-3-4-10(16-9)7-17-11(12)13/h3-4,8,11,14H,5-7H2,1-2H3. The van der Waals surface area contributed by atoms with Gasteiger partial charge in [-0.1, -0.05) is 11.8 Å². The van der Waals surface area contributed by atoms with Crippen molar-refractivity contribution in [2.45, 2.75) is 31.1 Å². The van der Waals surface area contributed by atoms with E-state index in [1.165, 1.54) is 0 Å². The highest BCUT2D eigenvalue weighted by Gasteiger charge is 2.07. The summed E-state index contributed by atoms with van der Waals surface area (Å²) < 4.78 is 34.4. The van der Waals surface area contributed by atoms with Gasteiger partial charge in [-0.05, 0) is 19.1 Å². The van der Waals surface area contributed by atoms with E-state index in [-0.39, 0.29) is 11.9 Å². The Morgan fingerprint density at radius 3 is 2.76 bits per heavy atom. The molecule has 0 aliphatic carbocycles. The summed E-state index contributed by atoms with van der Waals surface area (Å²) >= 11 is 0.563. The minimum Gasteiger partial charge on any atom is -0.464 e. The SMILES string of the molecule is COC(C)CNCc1ccc(CSC(F)F)o1. The molecule has 1 aromatic rings. The predicted molar refractivity (Wildman–Crippen MR) is 64.2 cm³/mol. The van der Waals surface area contributed by atoms with Gasteiger partial charge in [-0.3, -0.25) is 0 Å². The third-order valence-electron chi connectivity index (χ3n) is 2.20. The summed E-state index contributed by atoms with van der Waals surface area (Å²) in [6.45, 7) is 3.26. The minimum atomic E-state index is -2.36. The first-order valence-electron chi connectivity index (χ1n) is 5.32. The number of hydrogen-bond acceptors (Lipinski definition) is 4. The lowest BCUT2D eigenvalue weighted by atomic mass is 10.4. The molecule has 1 N–H and O–H groups in total. The molecule has 6 heteroatoms. The van der Waals surface area contributed by atoms with Crippen molar-refractivity contribution in [2.75, 3.05) is 13.7 Å². The van der Waals surface area contributed by atoms with Crippen LogP contribution in [0.4, 0.5) is 8.78 Å². The molecular weight excluding hydrogens is 248 g/mol. The summed E-state index contributed by atoms with van der Waals surface area (Å²) in [4.78, 5) is 0. The van der Waals surface area contributed by atoms with Gasteiger partial charge in [0.05, 0.1) is 18.4 Å². The molecule has 0 aromatic carbocycles. The van der Waals surface area contributed by atoms with Crippen LogP contribution in [0.15, 0.2) is 16.5 Å². The second-order valence-electron chi connectivity index (χ2n) is 3.62. The van der Waals surface area contributed by atoms with Crippen molar-refractivity contribution < 1.29 is 17.9 Å². The third kappa shape index (κ3) is 6.05. The van der Waals surface area contributed by atoms with Crippen molar-refractivity contribution >= 4 is 11.8 Å². The largest absolute Gasteiger partial charge is 0.464 e. The highest BCUT2D eigenvalue weighted by Crippen LogP contribution is 2.21. The van der Waals surface area contributed by atoms with Crippen LogP contribution in [-0.2, 0) is 17.0 Å². The number of ether oxygens (including phenoxy) is 1. The van der Waals surface area contributed by atoms with Gasteiger partial charge in [0.1, 0.15) is 11.5 Å². The predicted octanol–water partition coefficient (Wildman–Crippen LogP) is 2.86. The fourth-order valence-electron chi connectivity index (χ4n) is 1.22. The second-order valence-corrected chi connectivity index (χ2v) is 4.60. The van der Waals surface area contributed by atoms with E-state index in [1.807, 2.05) is 6.92 Å². The van der Waals surface area contributed by atoms with Crippen LogP contribution in [0.5, 0.6) is 0 Å². The van der Waals surface area contributed by atoms with Gasteiger partial charge in [0.25, 0.3) is 5.76 Å². The highest BCUT2D eigenvalue weighted by molar-refractivity contribution is 7.98. The normalized spacial score (nSPS) is 13.2. The van der Waals surface area contributed by atoms with Crippen LogP contribution in [0.2, 0.25) is 0 Å². The first-order chi connectivity index (χ1) is 8.11. The quantitative estimate of drug-likeness (QED) is 0.783. The number of rotatable bonds is 8. The van der Waals surface area contributed by atoms with Crippen molar-refractivity contribution in [3.05, 3.63) is 23.7 Å². The van der Waals surface area contributed by atoms with Crippen molar-refractivity contribution in [2.24, 2.45) is 0 Å². The molecule has 98 valence electrons. The van der Waals surface area contributed by atoms with E-state index in [4.69, 9.17) is 9.15 Å². The molecule has 0 saturated heterocycles. The molecule has 1 rings (SSSR count). The highest BCUT2D eigenvalue weighted by atomic mass is 32.2. The molecule has 0 bridgehead atoms. The molecule has 0 aliphatic heterocycles. The van der Waals surface area contributed by atoms with Crippen molar-refractivity contribution in [1.82, 2.24) is 5.32 Å². The zero-order chi connectivity index (χ0) is 12.7. The lowest BCUT2D eigenvalue weighted by Gasteiger charge is -2.09. The zero-order valence-electron chi connectivity index (χ0n) is 9.91. The molecule has 0 aliphatic rings. The molecule has 0 amide bonds. The van der Waals surface area contributed by atoms with Gasteiger partial charge in [0, 0.05) is 13.7 Å². The molecule has 0 saturated carbocycles. The molecule has 1 aromatic heterocycles. The van der Waals surface area contributed by atoms with Crippen molar-refractivity contribution in [1.29, 1.82) is 0 Å². The molecule has 0 spiro atoms. The Labute approximate surface area is 104 Å². The molecule has 1 atom stereocenters. The van der Waals surface area contributed by atoms with Crippen LogP contribution in [0.1, 0.15) is 18.4 Å². The van der Waals surface area contributed by atoms with Crippen molar-refractivity contribution in [3.8, 4) is 0 Å². The number of thioether (sulfide) groups is 1. The van der Waals surface area contributed by atoms with Crippen LogP contribution < -0.4 is 5.32 Å². The Kier molecular flexibility index (Phi) is 6.54. The third-order valence-corrected chi connectivity index (χ3v) is 2.91. The Bertz CT molecular complexity index is 320. The van der Waals surface area contributed by atoms with Crippen LogP contribution in [0.25, 0.3) is 0 Å². The van der Waals surface area contributed by atoms with Gasteiger partial charge in [-0.15, -0.1) is 0 Å². The van der Waals surface area contributed by atoms with Gasteiger partial charge in [-0.25, -0.2) is 0 Å². The van der Waals surface area contributed by atoms with Gasteiger partial charge in [0.2, 0.25) is 0 Å². The monoisotopic (exact) mass is 265 g/mol. The molecule has 17 heavy (non-hydrogen) atoms. The molecule has 1 unspecified atom stereocenters. The number of nitrogens with one attached hydrogen (secondary N) is 1. The Morgan fingerprint density at radius 1 is 1.41 bits per heavy atom. The number of alkyl halides is 2. The maximum absolute atomic E-state index is 12.0. The average molecular weight is 265 g/mol. The van der Waals surface area contributed by atoms with E-state index in [0.717, 1.165) is 12.3 Å². The van der Waals surface area contributed by atoms with E-state index in [0.29, 0.717) is 24.1 Å². The molecular formula is C11H17F2NO2S. The lowest BCUT2D eigenvalue weighted by molar-refractivity contribution is 0.116. The molecule has 1 heterocycles. The summed E-state index contributed by atoms with van der Waals surface area (Å²) in [6, 6.07) is 3.53. The Balaban J connectivity index is 2.25. The van der Waals surface area contributed by atoms with E-state index in [2.05, 4.69) is 5.32 Å². The number of halogens is 2. The van der Waals surface area contributed by atoms with E-state index >= 15 is 0 Å². The number of hydrogen-bond donors (Lipinski definition) is 1. The summed E-state index contributed by atoms with van der Waals surface area (Å²) in [6.07, 6.45) is 0.138. The summed E-state index contributed by atoms with van der Waals surface area (Å²) in [5.74, 6) is -0.833. The van der Waals surface area contributed by atoms with Gasteiger partial charge >= 0.3 is 0 Å². The maximum Gasteiger partial charge on any atom is 0.284 e. The topological polar surface area (TPSA) is 34.4 Å². The summed E-state index contributed by atoms with van der Waals surface area (Å²) in [7, 11) is 1.65. The van der Waals surface area contributed by atoms with Gasteiger partial charge in [0.15, 0.2) is 0 Å². The van der Waals surface area contributed by atoms with Crippen molar-refractivity contribution in [3.63, 3.8) is 0 Å². The van der Waals surface area contributed by atoms with Crippen LogP contribution >= 0.6 is 11.8 Å².